The largest absolute Gasteiger partial charge is 0.464 e. The molecule has 0 N–H and O–H groups in total. The van der Waals surface area contributed by atoms with Crippen LogP contribution in [0.1, 0.15) is 41.8 Å². The molecule has 0 radical (unpaired) electrons. The van der Waals surface area contributed by atoms with E-state index in [4.69, 9.17) is 4.42 Å². The van der Waals surface area contributed by atoms with Gasteiger partial charge in [-0.3, -0.25) is 9.59 Å². The Morgan fingerprint density at radius 2 is 1.92 bits per heavy atom. The number of carbonyl (C=O) groups excluding carboxylic acids is 1. The zero-order valence-corrected chi connectivity index (χ0v) is 15.4. The lowest BCUT2D eigenvalue weighted by Gasteiger charge is -2.17. The zero-order chi connectivity index (χ0) is 18.7. The third-order valence-electron chi connectivity index (χ3n) is 4.33. The fourth-order valence-corrected chi connectivity index (χ4v) is 2.91. The molecule has 6 nitrogen and oxygen atoms in total. The minimum atomic E-state index is -0.236. The van der Waals surface area contributed by atoms with Gasteiger partial charge in [0.15, 0.2) is 5.69 Å². The molecule has 0 spiro atoms. The van der Waals surface area contributed by atoms with Crippen LogP contribution in [0.4, 0.5) is 0 Å². The number of nitrogens with zero attached hydrogens (tertiary/aromatic N) is 3. The molecule has 0 aliphatic rings. The third kappa shape index (κ3) is 3.54. The number of carbonyl (C=O) groups is 1. The van der Waals surface area contributed by atoms with Crippen molar-refractivity contribution in [1.29, 1.82) is 0 Å². The average Bonchev–Trinajstić information content (AvgIpc) is 3.05. The Morgan fingerprint density at radius 1 is 1.19 bits per heavy atom. The van der Waals surface area contributed by atoms with E-state index in [1.807, 2.05) is 25.1 Å². The maximum atomic E-state index is 13.0. The molecule has 136 valence electrons. The highest BCUT2D eigenvalue weighted by molar-refractivity contribution is 6.04. The topological polar surface area (TPSA) is 68.3 Å². The molecule has 0 saturated heterocycles. The van der Waals surface area contributed by atoms with E-state index < -0.39 is 0 Å². The van der Waals surface area contributed by atoms with Gasteiger partial charge in [-0.05, 0) is 31.5 Å². The quantitative estimate of drug-likeness (QED) is 0.681. The number of hydrogen-bond donors (Lipinski definition) is 0. The molecule has 3 rings (SSSR count). The fourth-order valence-electron chi connectivity index (χ4n) is 2.91. The molecule has 2 heterocycles. The number of amides is 1. The maximum absolute atomic E-state index is 13.0. The zero-order valence-electron chi connectivity index (χ0n) is 15.4. The third-order valence-corrected chi connectivity index (χ3v) is 4.33. The summed E-state index contributed by atoms with van der Waals surface area (Å²) in [4.78, 5) is 27.2. The molecule has 0 atom stereocenters. The molecule has 0 fully saturated rings. The van der Waals surface area contributed by atoms with Crippen LogP contribution in [0, 0.1) is 6.92 Å². The molecule has 26 heavy (non-hydrogen) atoms. The van der Waals surface area contributed by atoms with Crippen LogP contribution in [0.2, 0.25) is 0 Å². The summed E-state index contributed by atoms with van der Waals surface area (Å²) in [6.45, 7) is 4.76. The van der Waals surface area contributed by atoms with E-state index in [-0.39, 0.29) is 11.5 Å². The lowest BCUT2D eigenvalue weighted by molar-refractivity contribution is 0.0768. The number of fused-ring (bicyclic) bond motifs is 1. The second kappa shape index (κ2) is 7.56. The molecule has 1 aromatic carbocycles. The van der Waals surface area contributed by atoms with Gasteiger partial charge in [-0.2, -0.15) is 5.10 Å². The van der Waals surface area contributed by atoms with E-state index in [0.717, 1.165) is 18.6 Å². The Bertz CT molecular complexity index is 987. The Morgan fingerprint density at radius 3 is 2.58 bits per heavy atom. The number of rotatable bonds is 6. The van der Waals surface area contributed by atoms with E-state index in [1.165, 1.54) is 4.68 Å². The molecular formula is C20H23N3O3. The second-order valence-corrected chi connectivity index (χ2v) is 6.45. The monoisotopic (exact) mass is 353 g/mol. The van der Waals surface area contributed by atoms with E-state index >= 15 is 0 Å². The van der Waals surface area contributed by atoms with Crippen molar-refractivity contribution in [2.24, 2.45) is 0 Å². The van der Waals surface area contributed by atoms with E-state index in [1.54, 1.807) is 30.1 Å². The molecule has 1 amide bonds. The van der Waals surface area contributed by atoms with Crippen molar-refractivity contribution in [2.45, 2.75) is 39.8 Å². The lowest BCUT2D eigenvalue weighted by Crippen LogP contribution is -2.31. The second-order valence-electron chi connectivity index (χ2n) is 6.45. The highest BCUT2D eigenvalue weighted by atomic mass is 16.3. The van der Waals surface area contributed by atoms with Gasteiger partial charge in [0.2, 0.25) is 0 Å². The van der Waals surface area contributed by atoms with Gasteiger partial charge < -0.3 is 9.32 Å². The van der Waals surface area contributed by atoms with Crippen LogP contribution in [-0.4, -0.2) is 27.6 Å². The highest BCUT2D eigenvalue weighted by Crippen LogP contribution is 2.17. The molecular weight excluding hydrogens is 330 g/mol. The van der Waals surface area contributed by atoms with Crippen molar-refractivity contribution in [3.8, 4) is 0 Å². The maximum Gasteiger partial charge on any atom is 0.275 e. The first-order chi connectivity index (χ1) is 12.5. The summed E-state index contributed by atoms with van der Waals surface area (Å²) >= 11 is 0. The van der Waals surface area contributed by atoms with Crippen LogP contribution in [0.15, 0.2) is 45.6 Å². The van der Waals surface area contributed by atoms with Crippen LogP contribution in [-0.2, 0) is 13.1 Å². The van der Waals surface area contributed by atoms with E-state index in [0.29, 0.717) is 35.3 Å². The highest BCUT2D eigenvalue weighted by Gasteiger charge is 2.20. The van der Waals surface area contributed by atoms with Crippen molar-refractivity contribution >= 4 is 16.7 Å². The fraction of sp³-hybridized carbons (Fsp3) is 0.350. The molecule has 0 bridgehead atoms. The van der Waals surface area contributed by atoms with Crippen LogP contribution in [0.5, 0.6) is 0 Å². The van der Waals surface area contributed by atoms with E-state index in [2.05, 4.69) is 12.0 Å². The van der Waals surface area contributed by atoms with Gasteiger partial charge in [0.05, 0.1) is 11.9 Å². The number of aromatic nitrogens is 2. The van der Waals surface area contributed by atoms with Crippen molar-refractivity contribution < 1.29 is 9.21 Å². The van der Waals surface area contributed by atoms with Gasteiger partial charge in [0.1, 0.15) is 11.5 Å². The number of hydrogen-bond acceptors (Lipinski definition) is 4. The molecule has 0 saturated carbocycles. The van der Waals surface area contributed by atoms with Crippen LogP contribution < -0.4 is 5.56 Å². The van der Waals surface area contributed by atoms with Gasteiger partial charge in [0, 0.05) is 19.0 Å². The summed E-state index contributed by atoms with van der Waals surface area (Å²) in [5, 5.41) is 5.49. The summed E-state index contributed by atoms with van der Waals surface area (Å²) in [6.07, 6.45) is 1.78. The Labute approximate surface area is 152 Å². The summed E-state index contributed by atoms with van der Waals surface area (Å²) in [5.41, 5.74) is 0.136. The standard InChI is InChI=1S/C20H23N3O3/c1-4-5-12-23-19(24)17-9-7-6-8-16(17)18(21-23)20(25)22(3)13-15-11-10-14(2)26-15/h6-11H,4-5,12-13H2,1-3H3. The van der Waals surface area contributed by atoms with Crippen molar-refractivity contribution in [2.75, 3.05) is 7.05 Å². The Kier molecular flexibility index (Phi) is 5.21. The molecule has 3 aromatic rings. The lowest BCUT2D eigenvalue weighted by atomic mass is 10.1. The van der Waals surface area contributed by atoms with Crippen molar-refractivity contribution in [1.82, 2.24) is 14.7 Å². The van der Waals surface area contributed by atoms with Crippen molar-refractivity contribution in [3.63, 3.8) is 0 Å². The average molecular weight is 353 g/mol. The SMILES string of the molecule is CCCCn1nc(C(=O)N(C)Cc2ccc(C)o2)c2ccccc2c1=O. The number of benzene rings is 1. The van der Waals surface area contributed by atoms with E-state index in [9.17, 15) is 9.59 Å². The smallest absolute Gasteiger partial charge is 0.275 e. The minimum Gasteiger partial charge on any atom is -0.464 e. The predicted octanol–water partition coefficient (Wildman–Crippen LogP) is 3.37. The number of furan rings is 1. The number of unbranched alkanes of at least 4 members (excludes halogenated alkanes) is 1. The Hall–Kier alpha value is -2.89. The molecule has 0 aliphatic heterocycles. The first kappa shape index (κ1) is 17.9. The van der Waals surface area contributed by atoms with Gasteiger partial charge in [-0.15, -0.1) is 0 Å². The van der Waals surface area contributed by atoms with Crippen LogP contribution in [0.3, 0.4) is 0 Å². The molecule has 6 heteroatoms. The molecule has 2 aromatic heterocycles. The van der Waals surface area contributed by atoms with Gasteiger partial charge in [0.25, 0.3) is 11.5 Å². The summed E-state index contributed by atoms with van der Waals surface area (Å²) in [5.74, 6) is 1.28. The summed E-state index contributed by atoms with van der Waals surface area (Å²) < 4.78 is 6.96. The first-order valence-corrected chi connectivity index (χ1v) is 8.82. The van der Waals surface area contributed by atoms with Crippen LogP contribution >= 0.6 is 0 Å². The summed E-state index contributed by atoms with van der Waals surface area (Å²) in [6, 6.07) is 10.9. The molecule has 0 aliphatic carbocycles. The first-order valence-electron chi connectivity index (χ1n) is 8.82. The Balaban J connectivity index is 2.00. The van der Waals surface area contributed by atoms with Gasteiger partial charge in [-0.25, -0.2) is 4.68 Å². The predicted molar refractivity (Wildman–Crippen MR) is 100 cm³/mol. The summed E-state index contributed by atoms with van der Waals surface area (Å²) in [7, 11) is 1.71. The molecule has 0 unspecified atom stereocenters. The van der Waals surface area contributed by atoms with Gasteiger partial charge >= 0.3 is 0 Å². The number of aryl methyl sites for hydroxylation is 2. The van der Waals surface area contributed by atoms with Crippen molar-refractivity contribution in [3.05, 3.63) is 64.0 Å². The normalized spacial score (nSPS) is 11.0. The minimum absolute atomic E-state index is 0.157. The van der Waals surface area contributed by atoms with Gasteiger partial charge in [-0.1, -0.05) is 31.5 Å². The van der Waals surface area contributed by atoms with Crippen LogP contribution in [0.25, 0.3) is 10.8 Å².